The highest BCUT2D eigenvalue weighted by atomic mass is 35.5. The number of amides is 1. The van der Waals surface area contributed by atoms with E-state index in [-0.39, 0.29) is 5.91 Å². The average molecular weight is 289 g/mol. The molecule has 0 saturated heterocycles. The second-order valence-electron chi connectivity index (χ2n) is 4.74. The SMILES string of the molecule is CN(Cc1cccc(Cl)c1)C(=O)CCc1cccnc1. The van der Waals surface area contributed by atoms with E-state index in [1.165, 1.54) is 0 Å². The molecule has 0 aliphatic carbocycles. The molecule has 1 aromatic carbocycles. The Bertz CT molecular complexity index is 572. The third-order valence-electron chi connectivity index (χ3n) is 3.08. The largest absolute Gasteiger partial charge is 0.341 e. The molecule has 0 fully saturated rings. The Morgan fingerprint density at radius 3 is 2.75 bits per heavy atom. The summed E-state index contributed by atoms with van der Waals surface area (Å²) in [7, 11) is 1.81. The molecule has 1 heterocycles. The zero-order valence-electron chi connectivity index (χ0n) is 11.4. The van der Waals surface area contributed by atoms with E-state index in [4.69, 9.17) is 11.6 Å². The molecule has 0 bridgehead atoms. The Balaban J connectivity index is 1.86. The van der Waals surface area contributed by atoms with Gasteiger partial charge in [-0.15, -0.1) is 0 Å². The molecule has 1 aromatic heterocycles. The Morgan fingerprint density at radius 2 is 2.05 bits per heavy atom. The molecule has 3 nitrogen and oxygen atoms in total. The molecular formula is C16H17ClN2O. The summed E-state index contributed by atoms with van der Waals surface area (Å²) in [5, 5.41) is 0.693. The van der Waals surface area contributed by atoms with Gasteiger partial charge in [-0.2, -0.15) is 0 Å². The van der Waals surface area contributed by atoms with Crippen molar-refractivity contribution < 1.29 is 4.79 Å². The summed E-state index contributed by atoms with van der Waals surface area (Å²) in [6.45, 7) is 0.576. The second kappa shape index (κ2) is 7.06. The van der Waals surface area contributed by atoms with E-state index in [2.05, 4.69) is 4.98 Å². The fourth-order valence-electron chi connectivity index (χ4n) is 1.99. The third-order valence-corrected chi connectivity index (χ3v) is 3.32. The first kappa shape index (κ1) is 14.5. The number of halogens is 1. The fraction of sp³-hybridized carbons (Fsp3) is 0.250. The highest BCUT2D eigenvalue weighted by Gasteiger charge is 2.09. The lowest BCUT2D eigenvalue weighted by molar-refractivity contribution is -0.130. The van der Waals surface area contributed by atoms with E-state index in [1.807, 2.05) is 43.4 Å². The molecule has 2 rings (SSSR count). The van der Waals surface area contributed by atoms with Crippen LogP contribution in [0.2, 0.25) is 5.02 Å². The van der Waals surface area contributed by atoms with E-state index in [9.17, 15) is 4.79 Å². The van der Waals surface area contributed by atoms with Gasteiger partial charge in [0, 0.05) is 37.4 Å². The van der Waals surface area contributed by atoms with Crippen molar-refractivity contribution in [1.82, 2.24) is 9.88 Å². The molecule has 4 heteroatoms. The maximum atomic E-state index is 12.1. The molecule has 0 aliphatic heterocycles. The van der Waals surface area contributed by atoms with Crippen molar-refractivity contribution in [3.63, 3.8) is 0 Å². The minimum Gasteiger partial charge on any atom is -0.341 e. The first-order valence-corrected chi connectivity index (χ1v) is 6.90. The van der Waals surface area contributed by atoms with E-state index in [1.54, 1.807) is 17.3 Å². The minimum absolute atomic E-state index is 0.119. The summed E-state index contributed by atoms with van der Waals surface area (Å²) in [4.78, 5) is 17.8. The molecule has 104 valence electrons. The number of nitrogens with zero attached hydrogens (tertiary/aromatic N) is 2. The molecule has 0 atom stereocenters. The van der Waals surface area contributed by atoms with Crippen molar-refractivity contribution >= 4 is 17.5 Å². The van der Waals surface area contributed by atoms with Gasteiger partial charge in [-0.05, 0) is 35.7 Å². The van der Waals surface area contributed by atoms with E-state index in [0.29, 0.717) is 24.4 Å². The minimum atomic E-state index is 0.119. The molecule has 1 amide bonds. The predicted octanol–water partition coefficient (Wildman–Crippen LogP) is 3.33. The van der Waals surface area contributed by atoms with Gasteiger partial charge in [-0.1, -0.05) is 29.8 Å². The molecular weight excluding hydrogens is 272 g/mol. The number of rotatable bonds is 5. The molecule has 0 N–H and O–H groups in total. The van der Waals surface area contributed by atoms with Crippen molar-refractivity contribution in [1.29, 1.82) is 0 Å². The van der Waals surface area contributed by atoms with Crippen LogP contribution in [0.25, 0.3) is 0 Å². The van der Waals surface area contributed by atoms with Crippen LogP contribution in [-0.4, -0.2) is 22.8 Å². The van der Waals surface area contributed by atoms with Crippen LogP contribution in [0.5, 0.6) is 0 Å². The summed E-state index contributed by atoms with van der Waals surface area (Å²) in [6, 6.07) is 11.4. The van der Waals surface area contributed by atoms with Crippen LogP contribution in [0.4, 0.5) is 0 Å². The van der Waals surface area contributed by atoms with Gasteiger partial charge >= 0.3 is 0 Å². The van der Waals surface area contributed by atoms with Crippen molar-refractivity contribution in [3.8, 4) is 0 Å². The van der Waals surface area contributed by atoms with Gasteiger partial charge in [0.2, 0.25) is 5.91 Å². The standard InChI is InChI=1S/C16H17ClN2O/c1-19(12-14-4-2-6-15(17)10-14)16(20)8-7-13-5-3-9-18-11-13/h2-6,9-11H,7-8,12H2,1H3. The number of benzene rings is 1. The lowest BCUT2D eigenvalue weighted by Gasteiger charge is -2.17. The number of pyridine rings is 1. The summed E-state index contributed by atoms with van der Waals surface area (Å²) in [6.07, 6.45) is 4.73. The number of hydrogen-bond donors (Lipinski definition) is 0. The van der Waals surface area contributed by atoms with Crippen molar-refractivity contribution in [3.05, 3.63) is 64.9 Å². The fourth-order valence-corrected chi connectivity index (χ4v) is 2.20. The normalized spacial score (nSPS) is 10.3. The first-order valence-electron chi connectivity index (χ1n) is 6.52. The van der Waals surface area contributed by atoms with Gasteiger partial charge in [0.1, 0.15) is 0 Å². The number of carbonyl (C=O) groups is 1. The monoisotopic (exact) mass is 288 g/mol. The smallest absolute Gasteiger partial charge is 0.222 e. The Hall–Kier alpha value is -1.87. The molecule has 0 radical (unpaired) electrons. The molecule has 2 aromatic rings. The number of hydrogen-bond acceptors (Lipinski definition) is 2. The van der Waals surface area contributed by atoms with Crippen molar-refractivity contribution in [2.75, 3.05) is 7.05 Å². The first-order chi connectivity index (χ1) is 9.65. The second-order valence-corrected chi connectivity index (χ2v) is 5.18. The maximum Gasteiger partial charge on any atom is 0.222 e. The molecule has 0 saturated carbocycles. The molecule has 0 aliphatic rings. The summed E-state index contributed by atoms with van der Waals surface area (Å²) >= 11 is 5.94. The number of carbonyl (C=O) groups excluding carboxylic acids is 1. The third kappa shape index (κ3) is 4.35. The molecule has 0 spiro atoms. The quantitative estimate of drug-likeness (QED) is 0.845. The van der Waals surface area contributed by atoms with Crippen LogP contribution in [-0.2, 0) is 17.8 Å². The van der Waals surface area contributed by atoms with Gasteiger partial charge in [-0.25, -0.2) is 0 Å². The lowest BCUT2D eigenvalue weighted by Crippen LogP contribution is -2.26. The van der Waals surface area contributed by atoms with Gasteiger partial charge in [0.15, 0.2) is 0 Å². The summed E-state index contributed by atoms with van der Waals surface area (Å²) in [5.74, 6) is 0.119. The van der Waals surface area contributed by atoms with Gasteiger partial charge in [-0.3, -0.25) is 9.78 Å². The van der Waals surface area contributed by atoms with Crippen molar-refractivity contribution in [2.45, 2.75) is 19.4 Å². The van der Waals surface area contributed by atoms with Crippen LogP contribution in [0.3, 0.4) is 0 Å². The van der Waals surface area contributed by atoms with E-state index < -0.39 is 0 Å². The maximum absolute atomic E-state index is 12.1. The zero-order valence-corrected chi connectivity index (χ0v) is 12.2. The van der Waals surface area contributed by atoms with Gasteiger partial charge in [0.05, 0.1) is 0 Å². The average Bonchev–Trinajstić information content (AvgIpc) is 2.46. The van der Waals surface area contributed by atoms with Crippen molar-refractivity contribution in [2.24, 2.45) is 0 Å². The van der Waals surface area contributed by atoms with E-state index >= 15 is 0 Å². The van der Waals surface area contributed by atoms with E-state index in [0.717, 1.165) is 11.1 Å². The Morgan fingerprint density at radius 1 is 1.25 bits per heavy atom. The topological polar surface area (TPSA) is 33.2 Å². The van der Waals surface area contributed by atoms with Crippen LogP contribution >= 0.6 is 11.6 Å². The van der Waals surface area contributed by atoms with Crippen LogP contribution in [0, 0.1) is 0 Å². The zero-order chi connectivity index (χ0) is 14.4. The summed E-state index contributed by atoms with van der Waals surface area (Å²) < 4.78 is 0. The highest BCUT2D eigenvalue weighted by molar-refractivity contribution is 6.30. The van der Waals surface area contributed by atoms with Gasteiger partial charge in [0.25, 0.3) is 0 Å². The van der Waals surface area contributed by atoms with Crippen LogP contribution in [0.15, 0.2) is 48.8 Å². The number of aryl methyl sites for hydroxylation is 1. The Kier molecular flexibility index (Phi) is 5.13. The lowest BCUT2D eigenvalue weighted by atomic mass is 10.1. The predicted molar refractivity (Wildman–Crippen MR) is 80.5 cm³/mol. The molecule has 0 unspecified atom stereocenters. The Labute approximate surface area is 124 Å². The highest BCUT2D eigenvalue weighted by Crippen LogP contribution is 2.13. The number of aromatic nitrogens is 1. The molecule has 20 heavy (non-hydrogen) atoms. The summed E-state index contributed by atoms with van der Waals surface area (Å²) in [5.41, 5.74) is 2.12. The van der Waals surface area contributed by atoms with Crippen LogP contribution < -0.4 is 0 Å². The van der Waals surface area contributed by atoms with Crippen LogP contribution in [0.1, 0.15) is 17.5 Å². The van der Waals surface area contributed by atoms with Gasteiger partial charge < -0.3 is 4.90 Å².